The monoisotopic (exact) mass is 1010 g/mol. The molecule has 4 aliphatic rings. The van der Waals surface area contributed by atoms with Crippen molar-refractivity contribution < 1.29 is 37.8 Å². The summed E-state index contributed by atoms with van der Waals surface area (Å²) >= 11 is 0. The Kier molecular flexibility index (Phi) is 15.9. The lowest BCUT2D eigenvalue weighted by molar-refractivity contribution is -0.137. The fourth-order valence-electron chi connectivity index (χ4n) is 10.8. The molecule has 1 unspecified atom stereocenters. The number of carbonyl (C=O) groups excluding carboxylic acids is 4. The number of amides is 3. The maximum atomic E-state index is 17.2. The van der Waals surface area contributed by atoms with Crippen molar-refractivity contribution in [2.24, 2.45) is 11.3 Å². The predicted octanol–water partition coefficient (Wildman–Crippen LogP) is 5.41. The van der Waals surface area contributed by atoms with E-state index >= 15 is 8.78 Å². The van der Waals surface area contributed by atoms with Crippen molar-refractivity contribution in [3.63, 3.8) is 0 Å². The summed E-state index contributed by atoms with van der Waals surface area (Å²) in [6.07, 6.45) is 14.1. The number of aromatic nitrogens is 3. The van der Waals surface area contributed by atoms with Crippen molar-refractivity contribution >= 4 is 57.7 Å². The quantitative estimate of drug-likeness (QED) is 0.0365. The number of terminal acetylenes is 1. The van der Waals surface area contributed by atoms with Crippen molar-refractivity contribution in [1.82, 2.24) is 40.3 Å². The van der Waals surface area contributed by atoms with E-state index in [4.69, 9.17) is 16.1 Å². The molecule has 5 heterocycles. The smallest absolute Gasteiger partial charge is 0.319 e. The van der Waals surface area contributed by atoms with Crippen LogP contribution in [0.15, 0.2) is 48.7 Å². The average molecular weight is 1010 g/mol. The van der Waals surface area contributed by atoms with E-state index in [9.17, 15) is 29.5 Å². The SMILES string of the molecule is C#Cc1c(F)ccc2cc(O)cc(-c3ncc4c(N(CCCC#N)CCNC=O)nc(OCC5(CN6CCN(CC7CCN(c8ccc(C=O)c(CN(C)C9CCC(=O)NC9=O)c8)CC7)CC6)CC5)nc4c3F)c12. The number of hydrogen-bond acceptors (Lipinski definition) is 15. The molecule has 3 N–H and O–H groups in total. The van der Waals surface area contributed by atoms with Crippen molar-refractivity contribution in [3.05, 3.63) is 77.0 Å². The number of pyridine rings is 1. The molecule has 1 aliphatic carbocycles. The molecule has 1 saturated carbocycles. The number of phenols is 1. The molecule has 17 nitrogen and oxygen atoms in total. The van der Waals surface area contributed by atoms with Crippen LogP contribution in [0.25, 0.3) is 32.9 Å². The zero-order chi connectivity index (χ0) is 51.9. The normalized spacial score (nSPS) is 18.2. The first kappa shape index (κ1) is 51.6. The highest BCUT2D eigenvalue weighted by Gasteiger charge is 2.45. The Labute approximate surface area is 428 Å². The van der Waals surface area contributed by atoms with Crippen molar-refractivity contribution in [3.8, 4) is 41.4 Å². The van der Waals surface area contributed by atoms with Crippen LogP contribution in [0.2, 0.25) is 0 Å². The topological polar surface area (TPSA) is 200 Å². The summed E-state index contributed by atoms with van der Waals surface area (Å²) in [5.41, 5.74) is 2.04. The van der Waals surface area contributed by atoms with Gasteiger partial charge in [-0.15, -0.1) is 6.42 Å². The summed E-state index contributed by atoms with van der Waals surface area (Å²) in [6, 6.07) is 13.0. The molecule has 9 rings (SSSR count). The molecular weight excluding hydrogens is 949 g/mol. The van der Waals surface area contributed by atoms with Crippen LogP contribution in [0.3, 0.4) is 0 Å². The van der Waals surface area contributed by atoms with E-state index in [0.29, 0.717) is 68.1 Å². The molecule has 5 aromatic rings. The van der Waals surface area contributed by atoms with Gasteiger partial charge in [0.25, 0.3) is 0 Å². The number of phenolic OH excluding ortho intramolecular Hbond substituents is 1. The molecule has 74 heavy (non-hydrogen) atoms. The largest absolute Gasteiger partial charge is 0.508 e. The van der Waals surface area contributed by atoms with Gasteiger partial charge in [0.15, 0.2) is 5.82 Å². The second kappa shape index (κ2) is 22.8. The summed E-state index contributed by atoms with van der Waals surface area (Å²) in [4.78, 5) is 72.6. The van der Waals surface area contributed by atoms with Crippen LogP contribution in [-0.2, 0) is 20.9 Å². The lowest BCUT2D eigenvalue weighted by Gasteiger charge is -2.40. The highest BCUT2D eigenvalue weighted by molar-refractivity contribution is 6.03. The van der Waals surface area contributed by atoms with Crippen LogP contribution in [0.1, 0.15) is 72.9 Å². The van der Waals surface area contributed by atoms with Crippen LogP contribution in [0.5, 0.6) is 11.8 Å². The minimum atomic E-state index is -0.851. The van der Waals surface area contributed by atoms with Crippen molar-refractivity contribution in [2.45, 2.75) is 64.0 Å². The summed E-state index contributed by atoms with van der Waals surface area (Å²) < 4.78 is 38.7. The first-order valence-corrected chi connectivity index (χ1v) is 25.4. The van der Waals surface area contributed by atoms with E-state index in [1.165, 1.54) is 30.5 Å². The highest BCUT2D eigenvalue weighted by Crippen LogP contribution is 2.47. The molecule has 0 bridgehead atoms. The first-order valence-electron chi connectivity index (χ1n) is 25.4. The fraction of sp³-hybridized carbons (Fsp3) is 0.455. The molecule has 19 heteroatoms. The number of nitriles is 1. The lowest BCUT2D eigenvalue weighted by Crippen LogP contribution is -2.51. The zero-order valence-electron chi connectivity index (χ0n) is 41.6. The van der Waals surface area contributed by atoms with Crippen LogP contribution < -0.4 is 25.2 Å². The summed E-state index contributed by atoms with van der Waals surface area (Å²) in [7, 11) is 1.85. The molecule has 0 radical (unpaired) electrons. The number of piperidine rings is 2. The molecule has 4 fully saturated rings. The van der Waals surface area contributed by atoms with Crippen molar-refractivity contribution in [1.29, 1.82) is 5.26 Å². The number of aromatic hydroxyl groups is 1. The first-order chi connectivity index (χ1) is 35.9. The van der Waals surface area contributed by atoms with Gasteiger partial charge in [-0.3, -0.25) is 34.4 Å². The Morgan fingerprint density at radius 3 is 2.51 bits per heavy atom. The number of halogens is 2. The molecule has 0 spiro atoms. The van der Waals surface area contributed by atoms with Gasteiger partial charge in [0.2, 0.25) is 18.2 Å². The number of benzene rings is 3. The Morgan fingerprint density at radius 2 is 1.80 bits per heavy atom. The van der Waals surface area contributed by atoms with Gasteiger partial charge in [0.1, 0.15) is 34.9 Å². The molecular formula is C55H61F2N11O6. The maximum Gasteiger partial charge on any atom is 0.319 e. The second-order valence-corrected chi connectivity index (χ2v) is 20.2. The molecule has 3 amide bonds. The number of carbonyl (C=O) groups is 4. The number of likely N-dealkylation sites (N-methyl/N-ethyl adjacent to an activating group) is 1. The predicted molar refractivity (Wildman–Crippen MR) is 275 cm³/mol. The average Bonchev–Trinajstić information content (AvgIpc) is 4.17. The third-order valence-electron chi connectivity index (χ3n) is 15.1. The number of nitrogens with one attached hydrogen (secondary N) is 2. The number of anilines is 2. The number of aldehydes is 1. The number of ether oxygens (including phenoxy) is 1. The summed E-state index contributed by atoms with van der Waals surface area (Å²) in [5.74, 6) is 0.965. The zero-order valence-corrected chi connectivity index (χ0v) is 41.6. The number of rotatable bonds is 21. The molecule has 2 aromatic heterocycles. The second-order valence-electron chi connectivity index (χ2n) is 20.2. The number of hydrogen-bond donors (Lipinski definition) is 3. The van der Waals surface area contributed by atoms with E-state index in [1.54, 1.807) is 0 Å². The number of nitrogens with zero attached hydrogens (tertiary/aromatic N) is 9. The van der Waals surface area contributed by atoms with E-state index in [2.05, 4.69) is 53.4 Å². The molecule has 3 aliphatic heterocycles. The number of unbranched alkanes of at least 4 members (excludes halogenated alkanes) is 1. The van der Waals surface area contributed by atoms with Gasteiger partial charge in [-0.1, -0.05) is 12.0 Å². The Hall–Kier alpha value is -7.32. The third-order valence-corrected chi connectivity index (χ3v) is 15.1. The van der Waals surface area contributed by atoms with Gasteiger partial charge in [-0.05, 0) is 98.8 Å². The number of imide groups is 1. The van der Waals surface area contributed by atoms with Gasteiger partial charge in [-0.2, -0.15) is 15.2 Å². The van der Waals surface area contributed by atoms with Crippen LogP contribution in [0, 0.1) is 46.6 Å². The Balaban J connectivity index is 0.843. The molecule has 386 valence electrons. The maximum absolute atomic E-state index is 17.2. The molecule has 3 saturated heterocycles. The molecule has 1 atom stereocenters. The Bertz CT molecular complexity index is 3010. The lowest BCUT2D eigenvalue weighted by atomic mass is 9.95. The van der Waals surface area contributed by atoms with E-state index in [0.717, 1.165) is 95.6 Å². The third kappa shape index (κ3) is 11.6. The Morgan fingerprint density at radius 1 is 1.01 bits per heavy atom. The van der Waals surface area contributed by atoms with Crippen LogP contribution in [0.4, 0.5) is 20.3 Å². The van der Waals surface area contributed by atoms with Crippen LogP contribution in [-0.4, -0.2) is 151 Å². The van der Waals surface area contributed by atoms with Gasteiger partial charge in [0, 0.05) is 125 Å². The van der Waals surface area contributed by atoms with Gasteiger partial charge >= 0.3 is 6.01 Å². The van der Waals surface area contributed by atoms with Gasteiger partial charge < -0.3 is 34.8 Å². The van der Waals surface area contributed by atoms with E-state index in [1.807, 2.05) is 29.0 Å². The number of piperazine rings is 1. The summed E-state index contributed by atoms with van der Waals surface area (Å²) in [6.45, 7) is 9.00. The molecule has 3 aromatic carbocycles. The minimum absolute atomic E-state index is 0.0498. The van der Waals surface area contributed by atoms with E-state index in [-0.39, 0.29) is 81.6 Å². The van der Waals surface area contributed by atoms with Crippen LogP contribution >= 0.6 is 0 Å². The number of fused-ring (bicyclic) bond motifs is 2. The van der Waals surface area contributed by atoms with Gasteiger partial charge in [0.05, 0.1) is 29.7 Å². The highest BCUT2D eigenvalue weighted by atomic mass is 19.1. The van der Waals surface area contributed by atoms with Crippen molar-refractivity contribution in [2.75, 3.05) is 95.4 Å². The fourth-order valence-corrected chi connectivity index (χ4v) is 10.8. The van der Waals surface area contributed by atoms with Gasteiger partial charge in [-0.25, -0.2) is 8.78 Å². The van der Waals surface area contributed by atoms with E-state index < -0.39 is 17.7 Å². The standard InChI is InChI=1S/C55H61F2N11O6/c1-3-42-45(56)9-7-37-27-41(71)28-43(48(37)42)50-49(57)51-44(29-60-50)52(68(18-5-4-16-58)21-17-59-35-70)63-54(62-51)74-34-55(14-15-55)33-66-24-22-65(23-25-66)30-36-12-19-67(20-13-36)40-8-6-38(32-69)39(26-40)31-64(2)46-10-11-47(72)61-53(46)73/h1,6-9,26-29,32,35-36,46,71H,4-5,10-15,17-25,30-31,33-34H2,2H3,(H,59,70)(H,61,72,73). The summed E-state index contributed by atoms with van der Waals surface area (Å²) in [5, 5.41) is 26.0. The minimum Gasteiger partial charge on any atom is -0.508 e.